The van der Waals surface area contributed by atoms with Gasteiger partial charge in [-0.3, -0.25) is 9.78 Å². The lowest BCUT2D eigenvalue weighted by molar-refractivity contribution is -0.128. The molecule has 26 heavy (non-hydrogen) atoms. The Balaban J connectivity index is 1.47. The molecule has 0 radical (unpaired) electrons. The molecule has 6 heteroatoms. The van der Waals surface area contributed by atoms with Crippen molar-refractivity contribution in [2.45, 2.75) is 38.3 Å². The number of imidazole rings is 1. The molecule has 1 amide bonds. The molecular weight excluding hydrogens is 328 g/mol. The highest BCUT2D eigenvalue weighted by atomic mass is 16.5. The maximum atomic E-state index is 12.8. The van der Waals surface area contributed by atoms with Crippen LogP contribution in [0, 0.1) is 0 Å². The number of carbonyl (C=O) groups is 1. The largest absolute Gasteiger partial charge is 0.376 e. The molecule has 2 aliphatic rings. The minimum absolute atomic E-state index is 0.133. The van der Waals surface area contributed by atoms with Crippen molar-refractivity contribution in [3.63, 3.8) is 0 Å². The monoisotopic (exact) mass is 352 g/mol. The Hall–Kier alpha value is -2.47. The van der Waals surface area contributed by atoms with E-state index >= 15 is 0 Å². The molecule has 1 aliphatic heterocycles. The number of aryl methyl sites for hydroxylation is 1. The molecular formula is C20H24N4O2. The normalized spacial score (nSPS) is 19.3. The molecule has 1 aliphatic carbocycles. The average Bonchev–Trinajstić information content (AvgIpc) is 3.32. The first kappa shape index (κ1) is 17.0. The fraction of sp³-hybridized carbons (Fsp3) is 0.450. The second-order valence-corrected chi connectivity index (χ2v) is 7.07. The number of rotatable bonds is 5. The summed E-state index contributed by atoms with van der Waals surface area (Å²) in [5.41, 5.74) is 4.18. The average molecular weight is 352 g/mol. The number of pyridine rings is 1. The van der Waals surface area contributed by atoms with Crippen LogP contribution in [0.15, 0.2) is 42.5 Å². The summed E-state index contributed by atoms with van der Waals surface area (Å²) in [4.78, 5) is 23.4. The number of carbonyl (C=O) groups excluding carboxylic acids is 1. The first-order valence-corrected chi connectivity index (χ1v) is 9.17. The lowest BCUT2D eigenvalue weighted by atomic mass is 9.98. The first-order chi connectivity index (χ1) is 12.7. The smallest absolute Gasteiger partial charge is 0.249 e. The Morgan fingerprint density at radius 1 is 1.42 bits per heavy atom. The molecule has 0 fully saturated rings. The third kappa shape index (κ3) is 3.42. The van der Waals surface area contributed by atoms with Crippen molar-refractivity contribution in [2.75, 3.05) is 13.2 Å². The van der Waals surface area contributed by atoms with E-state index in [1.807, 2.05) is 36.6 Å². The van der Waals surface area contributed by atoms with Gasteiger partial charge in [-0.15, -0.1) is 0 Å². The highest BCUT2D eigenvalue weighted by molar-refractivity contribution is 5.94. The highest BCUT2D eigenvalue weighted by Gasteiger charge is 2.32. The molecule has 0 saturated carbocycles. The third-order valence-corrected chi connectivity index (χ3v) is 5.14. The zero-order valence-electron chi connectivity index (χ0n) is 15.1. The highest BCUT2D eigenvalue weighted by Crippen LogP contribution is 2.30. The molecule has 0 spiro atoms. The van der Waals surface area contributed by atoms with Crippen LogP contribution in [-0.2, 0) is 29.7 Å². The van der Waals surface area contributed by atoms with E-state index < -0.39 is 0 Å². The summed E-state index contributed by atoms with van der Waals surface area (Å²) < 4.78 is 8.02. The van der Waals surface area contributed by atoms with Crippen molar-refractivity contribution in [2.24, 2.45) is 7.05 Å². The van der Waals surface area contributed by atoms with Crippen molar-refractivity contribution in [3.8, 4) is 0 Å². The van der Waals surface area contributed by atoms with Gasteiger partial charge in [0.2, 0.25) is 5.91 Å². The van der Waals surface area contributed by atoms with E-state index in [-0.39, 0.29) is 11.8 Å². The molecule has 6 nitrogen and oxygen atoms in total. The predicted molar refractivity (Wildman–Crippen MR) is 97.2 cm³/mol. The summed E-state index contributed by atoms with van der Waals surface area (Å²) in [5, 5.41) is 0. The number of nitrogens with zero attached hydrogens (tertiary/aromatic N) is 4. The van der Waals surface area contributed by atoms with Gasteiger partial charge in [0.25, 0.3) is 0 Å². The van der Waals surface area contributed by atoms with E-state index in [4.69, 9.17) is 4.74 Å². The summed E-state index contributed by atoms with van der Waals surface area (Å²) in [6.07, 6.45) is 10.5. The van der Waals surface area contributed by atoms with E-state index in [1.165, 1.54) is 5.69 Å². The van der Waals surface area contributed by atoms with Crippen molar-refractivity contribution in [3.05, 3.63) is 59.5 Å². The van der Waals surface area contributed by atoms with E-state index in [0.29, 0.717) is 26.3 Å². The van der Waals surface area contributed by atoms with E-state index in [1.54, 1.807) is 6.20 Å². The van der Waals surface area contributed by atoms with E-state index in [0.717, 1.165) is 36.1 Å². The van der Waals surface area contributed by atoms with Gasteiger partial charge in [-0.2, -0.15) is 0 Å². The molecule has 1 atom stereocenters. The molecule has 136 valence electrons. The van der Waals surface area contributed by atoms with Crippen molar-refractivity contribution in [1.82, 2.24) is 19.4 Å². The molecule has 0 aromatic carbocycles. The Kier molecular flexibility index (Phi) is 4.84. The maximum Gasteiger partial charge on any atom is 0.249 e. The van der Waals surface area contributed by atoms with Crippen LogP contribution < -0.4 is 0 Å². The van der Waals surface area contributed by atoms with E-state index in [2.05, 4.69) is 20.6 Å². The Morgan fingerprint density at radius 3 is 3.12 bits per heavy atom. The standard InChI is InChI=1S/C20H24N4O2/c1-23-14-22-18-11-24(20(25)16-6-2-3-7-16)10-17(19(18)23)13-26-12-15-5-4-8-21-9-15/h4-6,8-9,14,17H,2-3,7,10-13H2,1H3/t17-/m0/s1. The van der Waals surface area contributed by atoms with Crippen LogP contribution in [0.2, 0.25) is 0 Å². The zero-order chi connectivity index (χ0) is 17.9. The van der Waals surface area contributed by atoms with Crippen LogP contribution in [0.1, 0.15) is 42.1 Å². The number of ether oxygens (including phenoxy) is 1. The topological polar surface area (TPSA) is 60.2 Å². The number of allylic oxidation sites excluding steroid dienone is 1. The first-order valence-electron chi connectivity index (χ1n) is 9.17. The minimum atomic E-state index is 0.133. The molecule has 0 N–H and O–H groups in total. The van der Waals surface area contributed by atoms with Gasteiger partial charge in [-0.1, -0.05) is 12.1 Å². The Morgan fingerprint density at radius 2 is 2.35 bits per heavy atom. The van der Waals surface area contributed by atoms with Gasteiger partial charge in [0.05, 0.1) is 31.8 Å². The van der Waals surface area contributed by atoms with Gasteiger partial charge in [0.15, 0.2) is 0 Å². The summed E-state index contributed by atoms with van der Waals surface area (Å²) in [5.74, 6) is 0.296. The number of hydrogen-bond donors (Lipinski definition) is 0. The predicted octanol–water partition coefficient (Wildman–Crippen LogP) is 2.57. The van der Waals surface area contributed by atoms with Gasteiger partial charge in [0.1, 0.15) is 0 Å². The quantitative estimate of drug-likeness (QED) is 0.830. The molecule has 2 aromatic rings. The molecule has 0 saturated heterocycles. The SMILES string of the molecule is Cn1cnc2c1[C@H](COCc1cccnc1)CN(C(=O)C1=CCCC1)C2. The Bertz CT molecular complexity index is 812. The van der Waals surface area contributed by atoms with Crippen LogP contribution in [-0.4, -0.2) is 38.5 Å². The minimum Gasteiger partial charge on any atom is -0.376 e. The second-order valence-electron chi connectivity index (χ2n) is 7.07. The molecule has 2 aromatic heterocycles. The fourth-order valence-corrected chi connectivity index (χ4v) is 3.89. The van der Waals surface area contributed by atoms with Crippen LogP contribution in [0.4, 0.5) is 0 Å². The third-order valence-electron chi connectivity index (χ3n) is 5.14. The zero-order valence-corrected chi connectivity index (χ0v) is 15.1. The van der Waals surface area contributed by atoms with Gasteiger partial charge in [-0.25, -0.2) is 4.98 Å². The van der Waals surface area contributed by atoms with Gasteiger partial charge < -0.3 is 14.2 Å². The van der Waals surface area contributed by atoms with Crippen LogP contribution in [0.25, 0.3) is 0 Å². The molecule has 4 rings (SSSR count). The molecule has 3 heterocycles. The van der Waals surface area contributed by atoms with Crippen LogP contribution in [0.5, 0.6) is 0 Å². The van der Waals surface area contributed by atoms with Gasteiger partial charge >= 0.3 is 0 Å². The maximum absolute atomic E-state index is 12.8. The fourth-order valence-electron chi connectivity index (χ4n) is 3.89. The summed E-state index contributed by atoms with van der Waals surface area (Å²) in [6, 6.07) is 3.92. The lowest BCUT2D eigenvalue weighted by Crippen LogP contribution is -2.40. The second kappa shape index (κ2) is 7.41. The number of hydrogen-bond acceptors (Lipinski definition) is 4. The van der Waals surface area contributed by atoms with E-state index in [9.17, 15) is 4.79 Å². The van der Waals surface area contributed by atoms with Crippen molar-refractivity contribution >= 4 is 5.91 Å². The lowest BCUT2D eigenvalue weighted by Gasteiger charge is -2.33. The Labute approximate surface area is 153 Å². The summed E-state index contributed by atoms with van der Waals surface area (Å²) in [6.45, 7) is 2.35. The number of amides is 1. The van der Waals surface area contributed by atoms with Gasteiger partial charge in [-0.05, 0) is 30.9 Å². The van der Waals surface area contributed by atoms with Crippen molar-refractivity contribution < 1.29 is 9.53 Å². The number of fused-ring (bicyclic) bond motifs is 1. The van der Waals surface area contributed by atoms with Crippen molar-refractivity contribution in [1.29, 1.82) is 0 Å². The van der Waals surface area contributed by atoms with Crippen LogP contribution in [0.3, 0.4) is 0 Å². The summed E-state index contributed by atoms with van der Waals surface area (Å²) in [7, 11) is 2.01. The number of aromatic nitrogens is 3. The van der Waals surface area contributed by atoms with Gasteiger partial charge in [0, 0.05) is 43.2 Å². The summed E-state index contributed by atoms with van der Waals surface area (Å²) >= 11 is 0. The molecule has 0 bridgehead atoms. The molecule has 0 unspecified atom stereocenters. The van der Waals surface area contributed by atoms with Crippen LogP contribution >= 0.6 is 0 Å².